The van der Waals surface area contributed by atoms with Crippen molar-refractivity contribution in [3.05, 3.63) is 30.1 Å². The van der Waals surface area contributed by atoms with E-state index in [1.165, 1.54) is 37.8 Å². The third kappa shape index (κ3) is 6.48. The van der Waals surface area contributed by atoms with Crippen LogP contribution in [0, 0.1) is 11.2 Å². The molecule has 0 bridgehead atoms. The van der Waals surface area contributed by atoms with E-state index in [1.807, 2.05) is 6.07 Å². The lowest BCUT2D eigenvalue weighted by Gasteiger charge is -2.23. The lowest BCUT2D eigenvalue weighted by Crippen LogP contribution is -2.40. The van der Waals surface area contributed by atoms with Crippen LogP contribution in [0.5, 0.6) is 0 Å². The van der Waals surface area contributed by atoms with Crippen LogP contribution in [0.4, 0.5) is 10.1 Å². The van der Waals surface area contributed by atoms with Gasteiger partial charge in [-0.1, -0.05) is 45.6 Å². The molecule has 0 spiro atoms. The zero-order valence-corrected chi connectivity index (χ0v) is 14.9. The van der Waals surface area contributed by atoms with E-state index in [4.69, 9.17) is 10.7 Å². The van der Waals surface area contributed by atoms with Crippen molar-refractivity contribution in [3.8, 4) is 0 Å². The molecular weight excluding hydrogens is 303 g/mol. The van der Waals surface area contributed by atoms with Gasteiger partial charge in [-0.05, 0) is 43.0 Å². The second-order valence-electron chi connectivity index (χ2n) is 7.50. The highest BCUT2D eigenvalue weighted by atomic mass is 19.1. The average Bonchev–Trinajstić information content (AvgIpc) is 2.81. The summed E-state index contributed by atoms with van der Waals surface area (Å²) in [4.78, 5) is 4.71. The number of benzene rings is 1. The van der Waals surface area contributed by atoms with Crippen molar-refractivity contribution in [1.29, 1.82) is 0 Å². The van der Waals surface area contributed by atoms with Crippen LogP contribution in [0.25, 0.3) is 0 Å². The van der Waals surface area contributed by atoms with Gasteiger partial charge in [0.15, 0.2) is 5.96 Å². The first-order valence-corrected chi connectivity index (χ1v) is 9.02. The first-order chi connectivity index (χ1) is 11.5. The van der Waals surface area contributed by atoms with Crippen molar-refractivity contribution in [1.82, 2.24) is 5.32 Å². The predicted octanol–water partition coefficient (Wildman–Crippen LogP) is 3.89. The number of aliphatic imine (C=N–C) groups is 1. The van der Waals surface area contributed by atoms with Crippen molar-refractivity contribution < 1.29 is 4.39 Å². The summed E-state index contributed by atoms with van der Waals surface area (Å²) in [7, 11) is 0. The molecule has 0 saturated heterocycles. The number of anilines is 1. The number of guanidine groups is 1. The summed E-state index contributed by atoms with van der Waals surface area (Å²) in [5.74, 6) is 0.463. The van der Waals surface area contributed by atoms with Crippen molar-refractivity contribution in [2.45, 2.75) is 58.4 Å². The molecule has 1 saturated carbocycles. The lowest BCUT2D eigenvalue weighted by atomic mass is 9.94. The molecule has 4 N–H and O–H groups in total. The van der Waals surface area contributed by atoms with Crippen LogP contribution < -0.4 is 16.4 Å². The van der Waals surface area contributed by atoms with Gasteiger partial charge < -0.3 is 16.4 Å². The monoisotopic (exact) mass is 334 g/mol. The van der Waals surface area contributed by atoms with Gasteiger partial charge in [0.2, 0.25) is 0 Å². The standard InChI is InChI=1S/C19H31FN4/c1-19(2,13-21)14-22-18(23-16-9-5-3-4-6-10-16)24-17-11-7-8-15(20)12-17/h7-8,11-12,16H,3-6,9-10,13-14,21H2,1-2H3,(H2,22,23,24). The van der Waals surface area contributed by atoms with Gasteiger partial charge >= 0.3 is 0 Å². The van der Waals surface area contributed by atoms with E-state index >= 15 is 0 Å². The minimum absolute atomic E-state index is 0.0556. The normalized spacial score (nSPS) is 17.4. The maximum Gasteiger partial charge on any atom is 0.196 e. The van der Waals surface area contributed by atoms with Crippen LogP contribution in [-0.2, 0) is 0 Å². The highest BCUT2D eigenvalue weighted by Gasteiger charge is 2.17. The van der Waals surface area contributed by atoms with Crippen molar-refractivity contribution >= 4 is 11.6 Å². The largest absolute Gasteiger partial charge is 0.353 e. The number of halogens is 1. The minimum atomic E-state index is -0.254. The maximum absolute atomic E-state index is 13.4. The van der Waals surface area contributed by atoms with Gasteiger partial charge in [-0.25, -0.2) is 4.39 Å². The Morgan fingerprint density at radius 1 is 1.25 bits per heavy atom. The van der Waals surface area contributed by atoms with Crippen LogP contribution in [0.2, 0.25) is 0 Å². The van der Waals surface area contributed by atoms with Crippen LogP contribution in [0.3, 0.4) is 0 Å². The number of hydrogen-bond acceptors (Lipinski definition) is 2. The van der Waals surface area contributed by atoms with Gasteiger partial charge in [0.05, 0.1) is 0 Å². The average molecular weight is 334 g/mol. The maximum atomic E-state index is 13.4. The summed E-state index contributed by atoms with van der Waals surface area (Å²) in [5.41, 5.74) is 6.46. The topological polar surface area (TPSA) is 62.4 Å². The molecule has 4 nitrogen and oxygen atoms in total. The Morgan fingerprint density at radius 3 is 2.58 bits per heavy atom. The molecule has 1 aliphatic rings. The van der Waals surface area contributed by atoms with Crippen LogP contribution in [0.15, 0.2) is 29.3 Å². The van der Waals surface area contributed by atoms with E-state index in [2.05, 4.69) is 24.5 Å². The molecule has 0 amide bonds. The molecule has 134 valence electrons. The summed E-state index contributed by atoms with van der Waals surface area (Å²) in [6.45, 7) is 5.40. The third-order valence-corrected chi connectivity index (χ3v) is 4.50. The number of nitrogens with two attached hydrogens (primary N) is 1. The number of nitrogens with one attached hydrogen (secondary N) is 2. The molecule has 0 unspecified atom stereocenters. The van der Waals surface area contributed by atoms with Gasteiger partial charge in [0.1, 0.15) is 5.82 Å². The lowest BCUT2D eigenvalue weighted by molar-refractivity contribution is 0.392. The van der Waals surface area contributed by atoms with E-state index < -0.39 is 0 Å². The second kappa shape index (κ2) is 9.02. The molecule has 0 radical (unpaired) electrons. The van der Waals surface area contributed by atoms with Crippen LogP contribution >= 0.6 is 0 Å². The van der Waals surface area contributed by atoms with E-state index in [0.29, 0.717) is 30.8 Å². The quantitative estimate of drug-likeness (QED) is 0.435. The van der Waals surface area contributed by atoms with E-state index in [9.17, 15) is 4.39 Å². The Kier molecular flexibility index (Phi) is 7.03. The molecule has 0 heterocycles. The summed E-state index contributed by atoms with van der Waals surface area (Å²) < 4.78 is 13.4. The van der Waals surface area contributed by atoms with Gasteiger partial charge in [-0.3, -0.25) is 4.99 Å². The Hall–Kier alpha value is -1.62. The van der Waals surface area contributed by atoms with E-state index in [1.54, 1.807) is 6.07 Å². The Balaban J connectivity index is 2.09. The number of hydrogen-bond donors (Lipinski definition) is 3. The van der Waals surface area contributed by atoms with Crippen molar-refractivity contribution in [2.24, 2.45) is 16.1 Å². The SMILES string of the molecule is CC(C)(CN)CN=C(Nc1cccc(F)c1)NC1CCCCCC1. The van der Waals surface area contributed by atoms with Gasteiger partial charge in [-0.15, -0.1) is 0 Å². The number of rotatable bonds is 5. The molecule has 1 aromatic rings. The van der Waals surface area contributed by atoms with Gasteiger partial charge in [0.25, 0.3) is 0 Å². The molecule has 0 aliphatic heterocycles. The summed E-state index contributed by atoms with van der Waals surface area (Å²) in [6.07, 6.45) is 7.43. The third-order valence-electron chi connectivity index (χ3n) is 4.50. The fourth-order valence-corrected chi connectivity index (χ4v) is 2.80. The summed E-state index contributed by atoms with van der Waals surface area (Å²) >= 11 is 0. The fourth-order valence-electron chi connectivity index (χ4n) is 2.80. The minimum Gasteiger partial charge on any atom is -0.353 e. The highest BCUT2D eigenvalue weighted by Crippen LogP contribution is 2.18. The molecule has 1 aromatic carbocycles. The van der Waals surface area contributed by atoms with Crippen molar-refractivity contribution in [2.75, 3.05) is 18.4 Å². The Bertz CT molecular complexity index is 534. The zero-order chi connectivity index (χ0) is 17.4. The number of nitrogens with zero attached hydrogens (tertiary/aromatic N) is 1. The van der Waals surface area contributed by atoms with Gasteiger partial charge in [-0.2, -0.15) is 0 Å². The fraction of sp³-hybridized carbons (Fsp3) is 0.632. The molecule has 1 fully saturated rings. The van der Waals surface area contributed by atoms with Gasteiger partial charge in [0, 0.05) is 18.3 Å². The smallest absolute Gasteiger partial charge is 0.196 e. The Morgan fingerprint density at radius 2 is 1.96 bits per heavy atom. The van der Waals surface area contributed by atoms with E-state index in [0.717, 1.165) is 12.8 Å². The summed E-state index contributed by atoms with van der Waals surface area (Å²) in [6, 6.07) is 6.90. The highest BCUT2D eigenvalue weighted by molar-refractivity contribution is 5.93. The van der Waals surface area contributed by atoms with Crippen LogP contribution in [0.1, 0.15) is 52.4 Å². The first-order valence-electron chi connectivity index (χ1n) is 9.02. The predicted molar refractivity (Wildman–Crippen MR) is 99.8 cm³/mol. The second-order valence-corrected chi connectivity index (χ2v) is 7.50. The molecule has 0 atom stereocenters. The van der Waals surface area contributed by atoms with Crippen LogP contribution in [-0.4, -0.2) is 25.1 Å². The van der Waals surface area contributed by atoms with Crippen molar-refractivity contribution in [3.63, 3.8) is 0 Å². The first kappa shape index (κ1) is 18.7. The molecule has 24 heavy (non-hydrogen) atoms. The molecule has 1 aliphatic carbocycles. The molecular formula is C19H31FN4. The Labute approximate surface area is 145 Å². The zero-order valence-electron chi connectivity index (χ0n) is 14.9. The summed E-state index contributed by atoms with van der Waals surface area (Å²) in [5, 5.41) is 6.78. The molecule has 2 rings (SSSR count). The molecule has 5 heteroatoms. The van der Waals surface area contributed by atoms with E-state index in [-0.39, 0.29) is 11.2 Å². The molecule has 0 aromatic heterocycles.